The molecule has 1 aromatic carbocycles. The molecule has 1 aliphatic rings. The number of alkyl halides is 3. The number of carboxylic acid groups (broad SMARTS) is 1. The van der Waals surface area contributed by atoms with Gasteiger partial charge in [0.25, 0.3) is 0 Å². The van der Waals surface area contributed by atoms with Crippen LogP contribution in [0.4, 0.5) is 23.7 Å². The molecule has 2 rings (SSSR count). The lowest BCUT2D eigenvalue weighted by Gasteiger charge is -2.21. The number of anilines is 1. The van der Waals surface area contributed by atoms with Gasteiger partial charge in [-0.2, -0.15) is 13.2 Å². The molecular formula is C12H10ClF3N2O3. The van der Waals surface area contributed by atoms with Crippen molar-refractivity contribution in [1.29, 1.82) is 0 Å². The zero-order valence-corrected chi connectivity index (χ0v) is 11.2. The monoisotopic (exact) mass is 322 g/mol. The van der Waals surface area contributed by atoms with E-state index >= 15 is 0 Å². The van der Waals surface area contributed by atoms with Gasteiger partial charge in [-0.05, 0) is 31.0 Å². The van der Waals surface area contributed by atoms with Crippen molar-refractivity contribution in [2.24, 2.45) is 0 Å². The van der Waals surface area contributed by atoms with Crippen LogP contribution in [0.25, 0.3) is 0 Å². The summed E-state index contributed by atoms with van der Waals surface area (Å²) in [7, 11) is 0. The van der Waals surface area contributed by atoms with Gasteiger partial charge < -0.3 is 15.7 Å². The van der Waals surface area contributed by atoms with Crippen LogP contribution in [-0.4, -0.2) is 28.8 Å². The normalized spacial score (nSPS) is 16.2. The third-order valence-electron chi connectivity index (χ3n) is 3.11. The Hall–Kier alpha value is -1.96. The molecule has 0 atom stereocenters. The Morgan fingerprint density at radius 3 is 2.38 bits per heavy atom. The van der Waals surface area contributed by atoms with Crippen molar-refractivity contribution >= 4 is 29.3 Å². The third-order valence-corrected chi connectivity index (χ3v) is 3.34. The highest BCUT2D eigenvalue weighted by Gasteiger charge is 2.64. The van der Waals surface area contributed by atoms with E-state index in [1.807, 2.05) is 5.32 Å². The Balaban J connectivity index is 2.13. The van der Waals surface area contributed by atoms with E-state index in [0.29, 0.717) is 0 Å². The molecule has 1 aromatic rings. The molecule has 0 bridgehead atoms. The maximum absolute atomic E-state index is 12.7. The van der Waals surface area contributed by atoms with Gasteiger partial charge in [-0.15, -0.1) is 0 Å². The first-order valence-electron chi connectivity index (χ1n) is 5.83. The fraction of sp³-hybridized carbons (Fsp3) is 0.333. The van der Waals surface area contributed by atoms with E-state index in [9.17, 15) is 22.8 Å². The predicted molar refractivity (Wildman–Crippen MR) is 68.6 cm³/mol. The van der Waals surface area contributed by atoms with Crippen LogP contribution >= 0.6 is 11.6 Å². The second kappa shape index (κ2) is 5.10. The first kappa shape index (κ1) is 15.4. The molecule has 114 valence electrons. The Morgan fingerprint density at radius 2 is 1.90 bits per heavy atom. The van der Waals surface area contributed by atoms with Crippen LogP contribution in [0.3, 0.4) is 0 Å². The molecule has 0 aromatic heterocycles. The summed E-state index contributed by atoms with van der Waals surface area (Å²) in [6.45, 7) is 0. The van der Waals surface area contributed by atoms with E-state index in [1.165, 1.54) is 12.1 Å². The summed E-state index contributed by atoms with van der Waals surface area (Å²) in [4.78, 5) is 22.6. The van der Waals surface area contributed by atoms with Gasteiger partial charge in [0.05, 0.1) is 11.3 Å². The fourth-order valence-corrected chi connectivity index (χ4v) is 1.95. The van der Waals surface area contributed by atoms with Gasteiger partial charge in [0.2, 0.25) is 0 Å². The zero-order chi connectivity index (χ0) is 15.8. The molecular weight excluding hydrogens is 313 g/mol. The Labute approximate surface area is 122 Å². The summed E-state index contributed by atoms with van der Waals surface area (Å²) in [5.41, 5.74) is -2.66. The summed E-state index contributed by atoms with van der Waals surface area (Å²) in [6.07, 6.45) is -4.94. The number of hydrogen-bond acceptors (Lipinski definition) is 2. The Bertz CT molecular complexity index is 600. The van der Waals surface area contributed by atoms with Crippen molar-refractivity contribution in [1.82, 2.24) is 5.32 Å². The number of benzene rings is 1. The summed E-state index contributed by atoms with van der Waals surface area (Å²) in [5, 5.41) is 13.0. The van der Waals surface area contributed by atoms with Crippen molar-refractivity contribution in [2.45, 2.75) is 24.6 Å². The van der Waals surface area contributed by atoms with Gasteiger partial charge in [0.1, 0.15) is 5.54 Å². The second-order valence-corrected chi connectivity index (χ2v) is 5.09. The molecule has 9 heteroatoms. The molecule has 0 spiro atoms. The number of amides is 2. The molecule has 21 heavy (non-hydrogen) atoms. The topological polar surface area (TPSA) is 78.4 Å². The van der Waals surface area contributed by atoms with Crippen LogP contribution in [0.2, 0.25) is 5.02 Å². The number of hydrogen-bond donors (Lipinski definition) is 3. The van der Waals surface area contributed by atoms with Crippen LogP contribution in [0.5, 0.6) is 0 Å². The van der Waals surface area contributed by atoms with E-state index in [0.717, 1.165) is 6.07 Å². The number of halogens is 4. The van der Waals surface area contributed by atoms with Crippen molar-refractivity contribution in [3.05, 3.63) is 28.8 Å². The number of rotatable bonds is 3. The van der Waals surface area contributed by atoms with E-state index < -0.39 is 23.7 Å². The maximum atomic E-state index is 12.7. The molecule has 5 nitrogen and oxygen atoms in total. The SMILES string of the molecule is O=C(Nc1ccc(Cl)cc1C(=O)O)NC1(C(F)(F)F)CC1. The molecule has 3 N–H and O–H groups in total. The summed E-state index contributed by atoms with van der Waals surface area (Å²) < 4.78 is 38.1. The van der Waals surface area contributed by atoms with E-state index in [2.05, 4.69) is 5.32 Å². The molecule has 1 fully saturated rings. The summed E-state index contributed by atoms with van der Waals surface area (Å²) in [5.74, 6) is -1.36. The van der Waals surface area contributed by atoms with Gasteiger partial charge in [-0.1, -0.05) is 11.6 Å². The van der Waals surface area contributed by atoms with E-state index in [1.54, 1.807) is 0 Å². The van der Waals surface area contributed by atoms with Gasteiger partial charge in [0, 0.05) is 5.02 Å². The van der Waals surface area contributed by atoms with Gasteiger partial charge in [0.15, 0.2) is 0 Å². The Kier molecular flexibility index (Phi) is 3.75. The highest BCUT2D eigenvalue weighted by Crippen LogP contribution is 2.48. The summed E-state index contributed by atoms with van der Waals surface area (Å²) in [6, 6.07) is 2.50. The van der Waals surface area contributed by atoms with Crippen LogP contribution in [0.1, 0.15) is 23.2 Å². The quantitative estimate of drug-likeness (QED) is 0.799. The highest BCUT2D eigenvalue weighted by molar-refractivity contribution is 6.31. The van der Waals surface area contributed by atoms with Crippen LogP contribution < -0.4 is 10.6 Å². The van der Waals surface area contributed by atoms with Crippen LogP contribution in [0.15, 0.2) is 18.2 Å². The predicted octanol–water partition coefficient (Wildman–Crippen LogP) is 3.25. The van der Waals surface area contributed by atoms with Crippen LogP contribution in [0, 0.1) is 0 Å². The van der Waals surface area contributed by atoms with Gasteiger partial charge in [-0.25, -0.2) is 9.59 Å². The molecule has 0 radical (unpaired) electrons. The number of nitrogens with one attached hydrogen (secondary N) is 2. The van der Waals surface area contributed by atoms with E-state index in [4.69, 9.17) is 16.7 Å². The number of aromatic carboxylic acids is 1. The molecule has 0 saturated heterocycles. The lowest BCUT2D eigenvalue weighted by molar-refractivity contribution is -0.162. The van der Waals surface area contributed by atoms with Crippen molar-refractivity contribution in [3.8, 4) is 0 Å². The molecule has 1 saturated carbocycles. The number of carbonyl (C=O) groups is 2. The minimum Gasteiger partial charge on any atom is -0.478 e. The smallest absolute Gasteiger partial charge is 0.411 e. The number of urea groups is 1. The van der Waals surface area contributed by atoms with Crippen molar-refractivity contribution in [3.63, 3.8) is 0 Å². The summed E-state index contributed by atoms with van der Waals surface area (Å²) >= 11 is 5.63. The molecule has 0 unspecified atom stereocenters. The van der Waals surface area contributed by atoms with Gasteiger partial charge >= 0.3 is 18.2 Å². The fourth-order valence-electron chi connectivity index (χ4n) is 1.78. The van der Waals surface area contributed by atoms with Crippen LogP contribution in [-0.2, 0) is 0 Å². The minimum atomic E-state index is -4.54. The second-order valence-electron chi connectivity index (χ2n) is 4.65. The lowest BCUT2D eigenvalue weighted by Crippen LogP contribution is -2.49. The lowest BCUT2D eigenvalue weighted by atomic mass is 10.2. The minimum absolute atomic E-state index is 0.132. The standard InChI is InChI=1S/C12H10ClF3N2O3/c13-6-1-2-8(7(5-6)9(19)20)17-10(21)18-11(3-4-11)12(14,15)16/h1-2,5H,3-4H2,(H,19,20)(H2,17,18,21). The Morgan fingerprint density at radius 1 is 1.29 bits per heavy atom. The third kappa shape index (κ3) is 3.21. The average Bonchev–Trinajstić information content (AvgIpc) is 3.11. The number of carboxylic acids is 1. The first-order chi connectivity index (χ1) is 9.64. The zero-order valence-electron chi connectivity index (χ0n) is 10.4. The van der Waals surface area contributed by atoms with Gasteiger partial charge in [-0.3, -0.25) is 0 Å². The van der Waals surface area contributed by atoms with E-state index in [-0.39, 0.29) is 29.1 Å². The molecule has 0 heterocycles. The first-order valence-corrected chi connectivity index (χ1v) is 6.21. The highest BCUT2D eigenvalue weighted by atomic mass is 35.5. The maximum Gasteiger partial charge on any atom is 0.411 e. The van der Waals surface area contributed by atoms with Crippen molar-refractivity contribution in [2.75, 3.05) is 5.32 Å². The molecule has 0 aliphatic heterocycles. The average molecular weight is 323 g/mol. The largest absolute Gasteiger partial charge is 0.478 e. The number of carbonyl (C=O) groups excluding carboxylic acids is 1. The molecule has 2 amide bonds. The van der Waals surface area contributed by atoms with Crippen molar-refractivity contribution < 1.29 is 27.9 Å². The molecule has 1 aliphatic carbocycles.